The van der Waals surface area contributed by atoms with Crippen molar-refractivity contribution >= 4 is 11.7 Å². The number of hydrogen-bond donors (Lipinski definition) is 1. The first-order valence-electron chi connectivity index (χ1n) is 6.37. The van der Waals surface area contributed by atoms with E-state index in [1.54, 1.807) is 0 Å². The average Bonchev–Trinajstić information content (AvgIpc) is 2.25. The first kappa shape index (κ1) is 14.6. The van der Waals surface area contributed by atoms with Crippen molar-refractivity contribution in [1.29, 1.82) is 0 Å². The Labute approximate surface area is 109 Å². The quantitative estimate of drug-likeness (QED) is 0.644. The first-order chi connectivity index (χ1) is 8.37. The number of rotatable bonds is 5. The van der Waals surface area contributed by atoms with Gasteiger partial charge in [-0.05, 0) is 36.0 Å². The van der Waals surface area contributed by atoms with Gasteiger partial charge in [0.2, 0.25) is 0 Å². The van der Waals surface area contributed by atoms with Gasteiger partial charge in [0.1, 0.15) is 0 Å². The Balaban J connectivity index is 2.25. The molecule has 0 heterocycles. The molecule has 1 aromatic carbocycles. The lowest BCUT2D eigenvalue weighted by atomic mass is 9.93. The monoisotopic (exact) mass is 249 g/mol. The molecule has 0 unspecified atom stereocenters. The zero-order valence-corrected chi connectivity index (χ0v) is 11.5. The highest BCUT2D eigenvalue weighted by Gasteiger charge is 2.11. The van der Waals surface area contributed by atoms with Crippen LogP contribution >= 0.6 is 0 Å². The minimum absolute atomic E-state index is 0.137. The number of benzene rings is 1. The average molecular weight is 249 g/mol. The van der Waals surface area contributed by atoms with Crippen LogP contribution in [0.2, 0.25) is 0 Å². The van der Waals surface area contributed by atoms with Crippen molar-refractivity contribution in [1.82, 2.24) is 0 Å². The van der Waals surface area contributed by atoms with Gasteiger partial charge in [0.15, 0.2) is 0 Å². The van der Waals surface area contributed by atoms with Gasteiger partial charge in [-0.1, -0.05) is 32.9 Å². The van der Waals surface area contributed by atoms with E-state index in [1.165, 1.54) is 0 Å². The fraction of sp³-hybridized carbons (Fsp3) is 0.533. The Morgan fingerprint density at radius 1 is 1.33 bits per heavy atom. The molecule has 0 atom stereocenters. The summed E-state index contributed by atoms with van der Waals surface area (Å²) in [6.07, 6.45) is 1.98. The van der Waals surface area contributed by atoms with Gasteiger partial charge in [-0.25, -0.2) is 0 Å². The second-order valence-corrected chi connectivity index (χ2v) is 5.78. The van der Waals surface area contributed by atoms with E-state index in [1.807, 2.05) is 24.3 Å². The van der Waals surface area contributed by atoms with E-state index in [4.69, 9.17) is 10.5 Å². The van der Waals surface area contributed by atoms with Crippen LogP contribution in [0.5, 0.6) is 0 Å². The summed E-state index contributed by atoms with van der Waals surface area (Å²) in [4.78, 5) is 11.5. The van der Waals surface area contributed by atoms with E-state index in [0.717, 1.165) is 17.7 Å². The van der Waals surface area contributed by atoms with Crippen molar-refractivity contribution in [2.75, 3.05) is 12.3 Å². The van der Waals surface area contributed by atoms with Gasteiger partial charge in [-0.15, -0.1) is 0 Å². The van der Waals surface area contributed by atoms with Crippen molar-refractivity contribution in [2.24, 2.45) is 5.41 Å². The Morgan fingerprint density at radius 2 is 2.06 bits per heavy atom. The van der Waals surface area contributed by atoms with Gasteiger partial charge in [0.05, 0.1) is 6.61 Å². The topological polar surface area (TPSA) is 52.3 Å². The molecular formula is C15H23NO2. The lowest BCUT2D eigenvalue weighted by Crippen LogP contribution is -2.13. The maximum Gasteiger partial charge on any atom is 0.306 e. The molecule has 0 radical (unpaired) electrons. The maximum absolute atomic E-state index is 11.5. The van der Waals surface area contributed by atoms with E-state index in [2.05, 4.69) is 20.8 Å². The summed E-state index contributed by atoms with van der Waals surface area (Å²) in [5.41, 5.74) is 7.68. The van der Waals surface area contributed by atoms with Crippen LogP contribution in [0.3, 0.4) is 0 Å². The van der Waals surface area contributed by atoms with Crippen LogP contribution in [-0.2, 0) is 16.0 Å². The molecule has 3 nitrogen and oxygen atoms in total. The summed E-state index contributed by atoms with van der Waals surface area (Å²) in [6, 6.07) is 7.60. The molecule has 0 amide bonds. The molecule has 100 valence electrons. The summed E-state index contributed by atoms with van der Waals surface area (Å²) < 4.78 is 5.20. The highest BCUT2D eigenvalue weighted by molar-refractivity contribution is 5.69. The van der Waals surface area contributed by atoms with Crippen LogP contribution in [0.4, 0.5) is 5.69 Å². The molecule has 0 aliphatic rings. The van der Waals surface area contributed by atoms with Gasteiger partial charge in [0.25, 0.3) is 0 Å². The number of carbonyl (C=O) groups excluding carboxylic acids is 1. The van der Waals surface area contributed by atoms with Gasteiger partial charge in [0, 0.05) is 12.1 Å². The van der Waals surface area contributed by atoms with Crippen LogP contribution in [0, 0.1) is 5.41 Å². The predicted molar refractivity (Wildman–Crippen MR) is 74.2 cm³/mol. The number of esters is 1. The number of hydrogen-bond acceptors (Lipinski definition) is 3. The predicted octanol–water partition coefficient (Wildman–Crippen LogP) is 3.18. The third-order valence-electron chi connectivity index (χ3n) is 2.68. The van der Waals surface area contributed by atoms with E-state index < -0.39 is 0 Å². The van der Waals surface area contributed by atoms with Crippen LogP contribution in [-0.4, -0.2) is 12.6 Å². The summed E-state index contributed by atoms with van der Waals surface area (Å²) >= 11 is 0. The highest BCUT2D eigenvalue weighted by atomic mass is 16.5. The lowest BCUT2D eigenvalue weighted by Gasteiger charge is -2.17. The largest absolute Gasteiger partial charge is 0.466 e. The Hall–Kier alpha value is -1.51. The third-order valence-corrected chi connectivity index (χ3v) is 2.68. The van der Waals surface area contributed by atoms with E-state index in [-0.39, 0.29) is 11.4 Å². The number of anilines is 1. The fourth-order valence-electron chi connectivity index (χ4n) is 1.54. The minimum Gasteiger partial charge on any atom is -0.466 e. The van der Waals surface area contributed by atoms with Gasteiger partial charge >= 0.3 is 5.97 Å². The summed E-state index contributed by atoms with van der Waals surface area (Å²) in [7, 11) is 0. The molecule has 0 aromatic heterocycles. The van der Waals surface area contributed by atoms with Crippen molar-refractivity contribution in [2.45, 2.75) is 40.0 Å². The van der Waals surface area contributed by atoms with E-state index in [9.17, 15) is 4.79 Å². The van der Waals surface area contributed by atoms with Crippen molar-refractivity contribution in [3.05, 3.63) is 29.8 Å². The molecule has 0 saturated carbocycles. The first-order valence-corrected chi connectivity index (χ1v) is 6.37. The molecule has 1 rings (SSSR count). The van der Waals surface area contributed by atoms with Gasteiger partial charge in [-0.3, -0.25) is 4.79 Å². The molecule has 0 fully saturated rings. The second kappa shape index (κ2) is 6.43. The Morgan fingerprint density at radius 3 is 2.67 bits per heavy atom. The molecule has 0 aliphatic carbocycles. The molecular weight excluding hydrogens is 226 g/mol. The fourth-order valence-corrected chi connectivity index (χ4v) is 1.54. The number of ether oxygens (including phenoxy) is 1. The Kier molecular flexibility index (Phi) is 5.20. The maximum atomic E-state index is 11.5. The third kappa shape index (κ3) is 6.28. The van der Waals surface area contributed by atoms with Crippen LogP contribution in [0.15, 0.2) is 24.3 Å². The molecule has 1 aromatic rings. The number of aryl methyl sites for hydroxylation is 1. The van der Waals surface area contributed by atoms with Crippen LogP contribution < -0.4 is 5.73 Å². The van der Waals surface area contributed by atoms with Crippen molar-refractivity contribution in [3.8, 4) is 0 Å². The van der Waals surface area contributed by atoms with Crippen LogP contribution in [0.25, 0.3) is 0 Å². The number of nitrogens with two attached hydrogens (primary N) is 1. The summed E-state index contributed by atoms with van der Waals surface area (Å²) in [6.45, 7) is 6.90. The molecule has 2 N–H and O–H groups in total. The molecule has 0 aliphatic heterocycles. The lowest BCUT2D eigenvalue weighted by molar-refractivity contribution is -0.144. The van der Waals surface area contributed by atoms with E-state index >= 15 is 0 Å². The summed E-state index contributed by atoms with van der Waals surface area (Å²) in [5.74, 6) is -0.137. The molecule has 3 heteroatoms. The minimum atomic E-state index is -0.137. The molecule has 0 spiro atoms. The molecule has 18 heavy (non-hydrogen) atoms. The number of carbonyl (C=O) groups is 1. The molecule has 0 bridgehead atoms. The van der Waals surface area contributed by atoms with Crippen LogP contribution in [0.1, 0.15) is 39.2 Å². The second-order valence-electron chi connectivity index (χ2n) is 5.78. The normalized spacial score (nSPS) is 11.3. The number of nitrogen functional groups attached to an aromatic ring is 1. The van der Waals surface area contributed by atoms with Gasteiger partial charge in [-0.2, -0.15) is 0 Å². The van der Waals surface area contributed by atoms with Crippen molar-refractivity contribution < 1.29 is 9.53 Å². The zero-order valence-electron chi connectivity index (χ0n) is 11.5. The van der Waals surface area contributed by atoms with Gasteiger partial charge < -0.3 is 10.5 Å². The van der Waals surface area contributed by atoms with E-state index in [0.29, 0.717) is 19.4 Å². The zero-order chi connectivity index (χ0) is 13.6. The van der Waals surface area contributed by atoms with Crippen molar-refractivity contribution in [3.63, 3.8) is 0 Å². The molecule has 0 saturated heterocycles. The standard InChI is InChI=1S/C15H23NO2/c1-15(2,3)9-10-18-14(17)8-7-12-5-4-6-13(16)11-12/h4-6,11H,7-10,16H2,1-3H3. The SMILES string of the molecule is CC(C)(C)CCOC(=O)CCc1cccc(N)c1. The summed E-state index contributed by atoms with van der Waals surface area (Å²) in [5, 5.41) is 0. The Bertz CT molecular complexity index is 394. The smallest absolute Gasteiger partial charge is 0.306 e. The highest BCUT2D eigenvalue weighted by Crippen LogP contribution is 2.18.